The molecule has 5 rings (SSSR count). The lowest BCUT2D eigenvalue weighted by molar-refractivity contribution is 0.0735. The molecular weight excluding hydrogens is 461 g/mol. The van der Waals surface area contributed by atoms with Gasteiger partial charge in [0.2, 0.25) is 0 Å². The first-order valence-electron chi connectivity index (χ1n) is 10.5. The van der Waals surface area contributed by atoms with Crippen molar-refractivity contribution in [3.63, 3.8) is 0 Å². The van der Waals surface area contributed by atoms with E-state index in [9.17, 15) is 17.6 Å². The fraction of sp³-hybridized carbons (Fsp3) is 0.167. The van der Waals surface area contributed by atoms with Crippen LogP contribution in [0.1, 0.15) is 34.2 Å². The number of rotatable bonds is 5. The highest BCUT2D eigenvalue weighted by Gasteiger charge is 2.33. The van der Waals surface area contributed by atoms with Crippen LogP contribution in [0.25, 0.3) is 10.2 Å². The number of fused-ring (bicyclic) bond motifs is 1. The van der Waals surface area contributed by atoms with Crippen LogP contribution in [0.15, 0.2) is 77.7 Å². The van der Waals surface area contributed by atoms with Crippen LogP contribution in [-0.2, 0) is 10.0 Å². The number of carbonyl (C=O) groups excluding carboxylic acids is 1. The molecule has 4 aromatic rings. The molecule has 0 radical (unpaired) electrons. The maximum absolute atomic E-state index is 13.9. The second kappa shape index (κ2) is 8.57. The van der Waals surface area contributed by atoms with Gasteiger partial charge in [-0.2, -0.15) is 0 Å². The van der Waals surface area contributed by atoms with Gasteiger partial charge in [-0.15, -0.1) is 11.3 Å². The third-order valence-electron chi connectivity index (χ3n) is 5.62. The van der Waals surface area contributed by atoms with Crippen molar-refractivity contribution < 1.29 is 17.6 Å². The fourth-order valence-corrected chi connectivity index (χ4v) is 6.24. The van der Waals surface area contributed by atoms with Crippen molar-refractivity contribution in [1.82, 2.24) is 9.88 Å². The van der Waals surface area contributed by atoms with Crippen molar-refractivity contribution in [2.75, 3.05) is 11.3 Å². The molecule has 1 amide bonds. The zero-order valence-electron chi connectivity index (χ0n) is 17.4. The lowest BCUT2D eigenvalue weighted by Crippen LogP contribution is -2.30. The van der Waals surface area contributed by atoms with Gasteiger partial charge in [-0.25, -0.2) is 17.8 Å². The number of nitrogens with one attached hydrogen (secondary N) is 1. The standard InChI is InChI=1S/C24H20FN3O3S2/c25-18-9-1-2-10-19(18)27-33(30,31)17-8-5-7-16(15-17)24(29)28-14-6-12-21(28)23-26-20-11-3-4-13-22(20)32-23/h1-5,7-11,13,15,21,27H,6,12,14H2/t21-/m0/s1. The van der Waals surface area contributed by atoms with E-state index < -0.39 is 15.8 Å². The maximum Gasteiger partial charge on any atom is 0.262 e. The third kappa shape index (κ3) is 4.21. The Morgan fingerprint density at radius 3 is 2.67 bits per heavy atom. The van der Waals surface area contributed by atoms with Crippen LogP contribution in [0.4, 0.5) is 10.1 Å². The minimum atomic E-state index is -4.07. The smallest absolute Gasteiger partial charge is 0.262 e. The van der Waals surface area contributed by atoms with E-state index in [1.54, 1.807) is 22.3 Å². The van der Waals surface area contributed by atoms with E-state index in [4.69, 9.17) is 4.98 Å². The first kappa shape index (κ1) is 21.5. The van der Waals surface area contributed by atoms with Crippen molar-refractivity contribution in [2.45, 2.75) is 23.8 Å². The van der Waals surface area contributed by atoms with Gasteiger partial charge in [0, 0.05) is 12.1 Å². The van der Waals surface area contributed by atoms with E-state index in [0.717, 1.165) is 28.1 Å². The summed E-state index contributed by atoms with van der Waals surface area (Å²) in [7, 11) is -4.07. The Kier molecular flexibility index (Phi) is 5.59. The average Bonchev–Trinajstić information content (AvgIpc) is 3.47. The number of thiazole rings is 1. The van der Waals surface area contributed by atoms with Crippen molar-refractivity contribution in [3.05, 3.63) is 89.2 Å². The largest absolute Gasteiger partial charge is 0.329 e. The molecule has 168 valence electrons. The number of halogens is 1. The molecule has 0 unspecified atom stereocenters. The van der Waals surface area contributed by atoms with Gasteiger partial charge in [0.15, 0.2) is 0 Å². The molecule has 9 heteroatoms. The van der Waals surface area contributed by atoms with Gasteiger partial charge in [-0.05, 0) is 55.3 Å². The van der Waals surface area contributed by atoms with Gasteiger partial charge in [-0.1, -0.05) is 30.3 Å². The molecule has 1 aliphatic heterocycles. The summed E-state index contributed by atoms with van der Waals surface area (Å²) in [5.41, 5.74) is 1.02. The van der Waals surface area contributed by atoms with Crippen LogP contribution in [-0.4, -0.2) is 30.8 Å². The van der Waals surface area contributed by atoms with Gasteiger partial charge >= 0.3 is 0 Å². The number of para-hydroxylation sites is 2. The second-order valence-electron chi connectivity index (χ2n) is 7.79. The van der Waals surface area contributed by atoms with Gasteiger partial charge < -0.3 is 4.90 Å². The van der Waals surface area contributed by atoms with E-state index in [-0.39, 0.29) is 28.1 Å². The number of hydrogen-bond donors (Lipinski definition) is 1. The zero-order chi connectivity index (χ0) is 23.0. The second-order valence-corrected chi connectivity index (χ2v) is 10.5. The predicted octanol–water partition coefficient (Wildman–Crippen LogP) is 5.21. The minimum absolute atomic E-state index is 0.104. The number of amides is 1. The Bertz CT molecular complexity index is 1420. The van der Waals surface area contributed by atoms with E-state index in [1.165, 1.54) is 42.5 Å². The number of anilines is 1. The number of benzene rings is 3. The van der Waals surface area contributed by atoms with Crippen LogP contribution >= 0.6 is 11.3 Å². The molecule has 1 fully saturated rings. The lowest BCUT2D eigenvalue weighted by Gasteiger charge is -2.23. The molecule has 6 nitrogen and oxygen atoms in total. The van der Waals surface area contributed by atoms with Gasteiger partial charge in [-0.3, -0.25) is 9.52 Å². The first-order chi connectivity index (χ1) is 15.9. The average molecular weight is 482 g/mol. The van der Waals surface area contributed by atoms with Gasteiger partial charge in [0.05, 0.1) is 26.8 Å². The summed E-state index contributed by atoms with van der Waals surface area (Å²) in [6.07, 6.45) is 1.65. The van der Waals surface area contributed by atoms with E-state index in [0.29, 0.717) is 6.54 Å². The topological polar surface area (TPSA) is 79.4 Å². The summed E-state index contributed by atoms with van der Waals surface area (Å²) in [5, 5.41) is 0.882. The number of nitrogens with zero attached hydrogens (tertiary/aromatic N) is 2. The summed E-state index contributed by atoms with van der Waals surface area (Å²) in [6.45, 7) is 0.573. The Hall–Kier alpha value is -3.30. The highest BCUT2D eigenvalue weighted by atomic mass is 32.2. The highest BCUT2D eigenvalue weighted by Crippen LogP contribution is 2.37. The van der Waals surface area contributed by atoms with Gasteiger partial charge in [0.1, 0.15) is 10.8 Å². The molecule has 2 heterocycles. The van der Waals surface area contributed by atoms with Crippen LogP contribution in [0.3, 0.4) is 0 Å². The molecule has 0 bridgehead atoms. The molecule has 1 aromatic heterocycles. The molecule has 0 saturated carbocycles. The molecule has 0 aliphatic carbocycles. The zero-order valence-corrected chi connectivity index (χ0v) is 19.1. The fourth-order valence-electron chi connectivity index (χ4n) is 4.01. The number of hydrogen-bond acceptors (Lipinski definition) is 5. The third-order valence-corrected chi connectivity index (χ3v) is 8.12. The van der Waals surface area contributed by atoms with E-state index in [1.807, 2.05) is 24.3 Å². The van der Waals surface area contributed by atoms with Crippen molar-refractivity contribution >= 4 is 43.2 Å². The summed E-state index contributed by atoms with van der Waals surface area (Å²) in [6, 6.07) is 19.1. The molecule has 0 spiro atoms. The number of aromatic nitrogens is 1. The van der Waals surface area contributed by atoms with Crippen LogP contribution < -0.4 is 4.72 Å². The monoisotopic (exact) mass is 481 g/mol. The molecular formula is C24H20FN3O3S2. The molecule has 1 N–H and O–H groups in total. The van der Waals surface area contributed by atoms with Crippen molar-refractivity contribution in [2.24, 2.45) is 0 Å². The molecule has 33 heavy (non-hydrogen) atoms. The summed E-state index contributed by atoms with van der Waals surface area (Å²) in [4.78, 5) is 19.7. The predicted molar refractivity (Wildman–Crippen MR) is 126 cm³/mol. The van der Waals surface area contributed by atoms with Gasteiger partial charge in [0.25, 0.3) is 15.9 Å². The Morgan fingerprint density at radius 1 is 1.06 bits per heavy atom. The summed E-state index contributed by atoms with van der Waals surface area (Å²) < 4.78 is 42.9. The van der Waals surface area contributed by atoms with Crippen LogP contribution in [0.2, 0.25) is 0 Å². The van der Waals surface area contributed by atoms with Crippen LogP contribution in [0, 0.1) is 5.82 Å². The number of likely N-dealkylation sites (tertiary alicyclic amines) is 1. The Balaban J connectivity index is 1.42. The van der Waals surface area contributed by atoms with E-state index in [2.05, 4.69) is 4.72 Å². The maximum atomic E-state index is 13.9. The highest BCUT2D eigenvalue weighted by molar-refractivity contribution is 7.92. The van der Waals surface area contributed by atoms with Crippen LogP contribution in [0.5, 0.6) is 0 Å². The molecule has 3 aromatic carbocycles. The number of sulfonamides is 1. The van der Waals surface area contributed by atoms with E-state index >= 15 is 0 Å². The SMILES string of the molecule is O=C(c1cccc(S(=O)(=O)Nc2ccccc2F)c1)N1CCC[C@H]1c1nc2ccccc2s1. The Morgan fingerprint density at radius 2 is 1.85 bits per heavy atom. The van der Waals surface area contributed by atoms with Crippen molar-refractivity contribution in [1.29, 1.82) is 0 Å². The number of carbonyl (C=O) groups is 1. The molecule has 1 aliphatic rings. The lowest BCUT2D eigenvalue weighted by atomic mass is 10.1. The first-order valence-corrected chi connectivity index (χ1v) is 12.8. The molecule has 1 atom stereocenters. The van der Waals surface area contributed by atoms with Crippen molar-refractivity contribution in [3.8, 4) is 0 Å². The quantitative estimate of drug-likeness (QED) is 0.424. The minimum Gasteiger partial charge on any atom is -0.329 e. The summed E-state index contributed by atoms with van der Waals surface area (Å²) >= 11 is 1.57. The molecule has 1 saturated heterocycles. The Labute approximate surface area is 194 Å². The normalized spacial score (nSPS) is 16.3. The summed E-state index contributed by atoms with van der Waals surface area (Å²) in [5.74, 6) is -0.927.